The summed E-state index contributed by atoms with van der Waals surface area (Å²) in [7, 11) is 0. The van der Waals surface area contributed by atoms with Crippen LogP contribution in [-0.4, -0.2) is 22.0 Å². The summed E-state index contributed by atoms with van der Waals surface area (Å²) >= 11 is 0. The number of aromatic nitrogens is 2. The second-order valence-electron chi connectivity index (χ2n) is 3.84. The molecule has 2 aromatic heterocycles. The van der Waals surface area contributed by atoms with E-state index in [0.717, 1.165) is 0 Å². The molecule has 0 fully saturated rings. The summed E-state index contributed by atoms with van der Waals surface area (Å²) in [5, 5.41) is 0. The predicted molar refractivity (Wildman–Crippen MR) is 60.3 cm³/mol. The summed E-state index contributed by atoms with van der Waals surface area (Å²) < 4.78 is 5.26. The number of oxazole rings is 1. The van der Waals surface area contributed by atoms with E-state index in [-0.39, 0.29) is 11.5 Å². The van der Waals surface area contributed by atoms with Crippen LogP contribution in [0.5, 0.6) is 0 Å². The number of carbonyl (C=O) groups excluding carboxylic acids is 2. The highest BCUT2D eigenvalue weighted by Gasteiger charge is 2.21. The summed E-state index contributed by atoms with van der Waals surface area (Å²) in [6.45, 7) is 5.11. The largest absolute Gasteiger partial charge is 0.437 e. The summed E-state index contributed by atoms with van der Waals surface area (Å²) in [5.41, 5.74) is 2.01. The van der Waals surface area contributed by atoms with Crippen LogP contribution < -0.4 is 0 Å². The van der Waals surface area contributed by atoms with Crippen molar-refractivity contribution in [1.82, 2.24) is 9.97 Å². The molecule has 0 aliphatic heterocycles. The first-order valence-electron chi connectivity index (χ1n) is 5.16. The van der Waals surface area contributed by atoms with Crippen LogP contribution in [0.2, 0.25) is 0 Å². The fraction of sp³-hybridized carbons (Fsp3) is 0.250. The van der Waals surface area contributed by atoms with Crippen LogP contribution in [0.25, 0.3) is 0 Å². The molecule has 0 aliphatic carbocycles. The quantitative estimate of drug-likeness (QED) is 0.648. The molecule has 0 spiro atoms. The van der Waals surface area contributed by atoms with Crippen molar-refractivity contribution in [3.05, 3.63) is 40.4 Å². The number of nitrogens with one attached hydrogen (secondary N) is 1. The van der Waals surface area contributed by atoms with Crippen LogP contribution in [0.3, 0.4) is 0 Å². The van der Waals surface area contributed by atoms with E-state index in [9.17, 15) is 9.59 Å². The van der Waals surface area contributed by atoms with Gasteiger partial charge in [-0.1, -0.05) is 0 Å². The number of aldehydes is 1. The second-order valence-corrected chi connectivity index (χ2v) is 3.84. The molecule has 5 heteroatoms. The van der Waals surface area contributed by atoms with E-state index in [0.29, 0.717) is 34.7 Å². The zero-order valence-electron chi connectivity index (χ0n) is 9.83. The van der Waals surface area contributed by atoms with Crippen molar-refractivity contribution in [3.8, 4) is 0 Å². The van der Waals surface area contributed by atoms with E-state index in [4.69, 9.17) is 4.42 Å². The monoisotopic (exact) mass is 232 g/mol. The van der Waals surface area contributed by atoms with Gasteiger partial charge in [0.15, 0.2) is 17.9 Å². The lowest BCUT2D eigenvalue weighted by Gasteiger charge is -1.97. The topological polar surface area (TPSA) is 76.0 Å². The third kappa shape index (κ3) is 1.80. The lowest BCUT2D eigenvalue weighted by Crippen LogP contribution is -2.04. The Hall–Kier alpha value is -2.17. The molecule has 0 radical (unpaired) electrons. The van der Waals surface area contributed by atoms with Gasteiger partial charge in [0.05, 0.1) is 11.4 Å². The highest BCUT2D eigenvalue weighted by atomic mass is 16.4. The zero-order chi connectivity index (χ0) is 12.6. The Labute approximate surface area is 97.9 Å². The minimum atomic E-state index is -0.284. The van der Waals surface area contributed by atoms with Crippen LogP contribution in [0, 0.1) is 20.8 Å². The molecule has 0 unspecified atom stereocenters. The molecule has 0 aliphatic rings. The first kappa shape index (κ1) is 11.3. The van der Waals surface area contributed by atoms with Gasteiger partial charge in [-0.3, -0.25) is 9.59 Å². The number of hydrogen-bond acceptors (Lipinski definition) is 4. The summed E-state index contributed by atoms with van der Waals surface area (Å²) in [6, 6.07) is 0. The lowest BCUT2D eigenvalue weighted by molar-refractivity contribution is 0.100. The van der Waals surface area contributed by atoms with Gasteiger partial charge in [-0.15, -0.1) is 0 Å². The van der Waals surface area contributed by atoms with Gasteiger partial charge in [0.1, 0.15) is 0 Å². The fourth-order valence-electron chi connectivity index (χ4n) is 1.72. The number of ketones is 1. The smallest absolute Gasteiger partial charge is 0.246 e. The average Bonchev–Trinajstić information content (AvgIpc) is 2.81. The predicted octanol–water partition coefficient (Wildman–Crippen LogP) is 1.97. The lowest BCUT2D eigenvalue weighted by atomic mass is 10.1. The number of carbonyl (C=O) groups is 2. The van der Waals surface area contributed by atoms with Crippen molar-refractivity contribution in [3.63, 3.8) is 0 Å². The first-order valence-corrected chi connectivity index (χ1v) is 5.16. The molecule has 0 aromatic carbocycles. The Kier molecular flexibility index (Phi) is 2.67. The molecule has 88 valence electrons. The summed E-state index contributed by atoms with van der Waals surface area (Å²) in [4.78, 5) is 29.7. The Morgan fingerprint density at radius 1 is 1.41 bits per heavy atom. The van der Waals surface area contributed by atoms with E-state index in [1.807, 2.05) is 0 Å². The van der Waals surface area contributed by atoms with Crippen molar-refractivity contribution < 1.29 is 14.0 Å². The number of aromatic amines is 1. The van der Waals surface area contributed by atoms with Crippen LogP contribution in [-0.2, 0) is 0 Å². The van der Waals surface area contributed by atoms with Gasteiger partial charge in [-0.2, -0.15) is 0 Å². The van der Waals surface area contributed by atoms with Gasteiger partial charge in [0.25, 0.3) is 0 Å². The Bertz CT molecular complexity index is 593. The van der Waals surface area contributed by atoms with Gasteiger partial charge in [0.2, 0.25) is 5.78 Å². The molecule has 0 bridgehead atoms. The molecule has 2 heterocycles. The van der Waals surface area contributed by atoms with Crippen LogP contribution in [0.4, 0.5) is 0 Å². The molecule has 1 N–H and O–H groups in total. The molecule has 2 rings (SSSR count). The van der Waals surface area contributed by atoms with Gasteiger partial charge in [-0.05, 0) is 19.4 Å². The molecule has 0 saturated heterocycles. The van der Waals surface area contributed by atoms with Crippen molar-refractivity contribution in [2.24, 2.45) is 0 Å². The van der Waals surface area contributed by atoms with Crippen molar-refractivity contribution >= 4 is 12.1 Å². The molecule has 17 heavy (non-hydrogen) atoms. The van der Waals surface area contributed by atoms with Crippen molar-refractivity contribution in [2.45, 2.75) is 20.8 Å². The van der Waals surface area contributed by atoms with Crippen LogP contribution in [0.1, 0.15) is 43.8 Å². The standard InChI is InChI=1S/C12H12N2O3/c1-6-9(5-15)4-13-10(6)11(16)12-7(2)14-8(3)17-12/h4-5,13H,1-3H3. The Morgan fingerprint density at radius 2 is 2.12 bits per heavy atom. The zero-order valence-corrected chi connectivity index (χ0v) is 9.83. The summed E-state index contributed by atoms with van der Waals surface area (Å²) in [6.07, 6.45) is 2.22. The molecule has 0 amide bonds. The number of hydrogen-bond donors (Lipinski definition) is 1. The molecule has 0 atom stereocenters. The highest BCUT2D eigenvalue weighted by Crippen LogP contribution is 2.18. The number of rotatable bonds is 3. The van der Waals surface area contributed by atoms with E-state index in [1.165, 1.54) is 6.20 Å². The maximum absolute atomic E-state index is 12.1. The maximum atomic E-state index is 12.1. The average molecular weight is 232 g/mol. The molecule has 2 aromatic rings. The minimum absolute atomic E-state index is 0.213. The third-order valence-electron chi connectivity index (χ3n) is 2.64. The molecular weight excluding hydrogens is 220 g/mol. The molecular formula is C12H12N2O3. The fourth-order valence-corrected chi connectivity index (χ4v) is 1.72. The Balaban J connectivity index is 2.47. The van der Waals surface area contributed by atoms with E-state index >= 15 is 0 Å². The van der Waals surface area contributed by atoms with Crippen molar-refractivity contribution in [1.29, 1.82) is 0 Å². The number of H-pyrrole nitrogens is 1. The minimum Gasteiger partial charge on any atom is -0.437 e. The molecule has 0 saturated carbocycles. The Morgan fingerprint density at radius 3 is 2.59 bits per heavy atom. The third-order valence-corrected chi connectivity index (χ3v) is 2.64. The normalized spacial score (nSPS) is 10.5. The van der Waals surface area contributed by atoms with Crippen LogP contribution in [0.15, 0.2) is 10.6 Å². The maximum Gasteiger partial charge on any atom is 0.246 e. The first-order chi connectivity index (χ1) is 8.04. The van der Waals surface area contributed by atoms with Gasteiger partial charge < -0.3 is 9.40 Å². The SMILES string of the molecule is Cc1nc(C)c(C(=O)c2[nH]cc(C=O)c2C)o1. The highest BCUT2D eigenvalue weighted by molar-refractivity contribution is 6.08. The molecule has 5 nitrogen and oxygen atoms in total. The number of aryl methyl sites for hydroxylation is 2. The van der Waals surface area contributed by atoms with E-state index in [1.54, 1.807) is 20.8 Å². The van der Waals surface area contributed by atoms with Crippen molar-refractivity contribution in [2.75, 3.05) is 0 Å². The van der Waals surface area contributed by atoms with Gasteiger partial charge in [-0.25, -0.2) is 4.98 Å². The van der Waals surface area contributed by atoms with E-state index in [2.05, 4.69) is 9.97 Å². The van der Waals surface area contributed by atoms with Gasteiger partial charge >= 0.3 is 0 Å². The van der Waals surface area contributed by atoms with Gasteiger partial charge in [0, 0.05) is 18.7 Å². The summed E-state index contributed by atoms with van der Waals surface area (Å²) in [5.74, 6) is 0.379. The number of nitrogens with zero attached hydrogens (tertiary/aromatic N) is 1. The van der Waals surface area contributed by atoms with E-state index < -0.39 is 0 Å². The van der Waals surface area contributed by atoms with Crippen LogP contribution >= 0.6 is 0 Å². The second kappa shape index (κ2) is 4.01.